The standard InChI is InChI=1S/C25H28F3N3O2S/c1-4-5-8-11-34-23-30-21-20(22(33)31-23)18(14-9-6-7-10-15(14)25(26,27)28)19-16(29-21)12-24(2,3)13-17(19)32/h6-7,9-10,18H,4-5,8,11-13H2,1-3H3,(H2,29,30,31,33). The fraction of sp³-hybridized carbons (Fsp3) is 0.480. The molecule has 1 atom stereocenters. The van der Waals surface area contributed by atoms with Gasteiger partial charge in [-0.25, -0.2) is 4.98 Å². The predicted octanol–water partition coefficient (Wildman–Crippen LogP) is 6.27. The Balaban J connectivity index is 1.89. The first-order chi connectivity index (χ1) is 16.0. The van der Waals surface area contributed by atoms with Gasteiger partial charge in [0.25, 0.3) is 5.56 Å². The number of H-pyrrole nitrogens is 1. The maximum absolute atomic E-state index is 14.0. The minimum Gasteiger partial charge on any atom is -0.343 e. The van der Waals surface area contributed by atoms with Gasteiger partial charge in [-0.2, -0.15) is 13.2 Å². The number of hydrogen-bond acceptors (Lipinski definition) is 5. The van der Waals surface area contributed by atoms with Crippen LogP contribution < -0.4 is 10.9 Å². The number of allylic oxidation sites excluding steroid dienone is 2. The van der Waals surface area contributed by atoms with Crippen LogP contribution in [-0.2, 0) is 11.0 Å². The van der Waals surface area contributed by atoms with Gasteiger partial charge >= 0.3 is 6.18 Å². The van der Waals surface area contributed by atoms with E-state index in [1.807, 2.05) is 13.8 Å². The number of aromatic nitrogens is 2. The van der Waals surface area contributed by atoms with E-state index < -0.39 is 23.2 Å². The number of nitrogens with zero attached hydrogens (tertiary/aromatic N) is 1. The first-order valence-corrected chi connectivity index (χ1v) is 12.5. The molecule has 5 nitrogen and oxygen atoms in total. The van der Waals surface area contributed by atoms with Gasteiger partial charge in [0.05, 0.1) is 11.1 Å². The number of rotatable bonds is 6. The van der Waals surface area contributed by atoms with Crippen LogP contribution in [-0.4, -0.2) is 21.5 Å². The van der Waals surface area contributed by atoms with Crippen molar-refractivity contribution < 1.29 is 18.0 Å². The summed E-state index contributed by atoms with van der Waals surface area (Å²) in [6.45, 7) is 6.00. The molecule has 4 rings (SSSR count). The number of ketones is 1. The van der Waals surface area contributed by atoms with E-state index in [0.29, 0.717) is 17.3 Å². The maximum Gasteiger partial charge on any atom is 0.416 e. The molecule has 0 fully saturated rings. The summed E-state index contributed by atoms with van der Waals surface area (Å²) in [5.74, 6) is -0.380. The molecule has 0 saturated heterocycles. The highest BCUT2D eigenvalue weighted by molar-refractivity contribution is 7.99. The molecule has 0 amide bonds. The van der Waals surface area contributed by atoms with E-state index in [1.54, 1.807) is 0 Å². The third kappa shape index (κ3) is 4.80. The van der Waals surface area contributed by atoms with Crippen molar-refractivity contribution in [3.8, 4) is 0 Å². The highest BCUT2D eigenvalue weighted by Gasteiger charge is 2.45. The maximum atomic E-state index is 14.0. The largest absolute Gasteiger partial charge is 0.416 e. The van der Waals surface area contributed by atoms with Crippen LogP contribution in [0.1, 0.15) is 75.5 Å². The number of alkyl halides is 3. The number of nitrogens with one attached hydrogen (secondary N) is 2. The van der Waals surface area contributed by atoms with Gasteiger partial charge < -0.3 is 10.3 Å². The molecule has 2 heterocycles. The van der Waals surface area contributed by atoms with Gasteiger partial charge in [-0.05, 0) is 29.9 Å². The molecule has 0 bridgehead atoms. The number of unbranched alkanes of at least 4 members (excludes halogenated alkanes) is 2. The summed E-state index contributed by atoms with van der Waals surface area (Å²) in [7, 11) is 0. The van der Waals surface area contributed by atoms with Gasteiger partial charge in [-0.1, -0.05) is 63.6 Å². The Kier molecular flexibility index (Phi) is 6.68. The van der Waals surface area contributed by atoms with Gasteiger partial charge in [-0.3, -0.25) is 9.59 Å². The highest BCUT2D eigenvalue weighted by atomic mass is 32.2. The third-order valence-electron chi connectivity index (χ3n) is 6.26. The molecule has 1 aliphatic heterocycles. The molecular weight excluding hydrogens is 463 g/mol. The van der Waals surface area contributed by atoms with E-state index in [9.17, 15) is 22.8 Å². The number of carbonyl (C=O) groups excluding carboxylic acids is 1. The Morgan fingerprint density at radius 1 is 1.15 bits per heavy atom. The molecule has 0 saturated carbocycles. The molecule has 34 heavy (non-hydrogen) atoms. The Bertz CT molecular complexity index is 1200. The number of Topliss-reactive ketones (excluding diaryl/α,β-unsaturated/α-hetero) is 1. The number of carbonyl (C=O) groups is 1. The van der Waals surface area contributed by atoms with Gasteiger partial charge in [0, 0.05) is 29.4 Å². The smallest absolute Gasteiger partial charge is 0.343 e. The monoisotopic (exact) mass is 491 g/mol. The average Bonchev–Trinajstić information content (AvgIpc) is 2.74. The second kappa shape index (κ2) is 9.24. The van der Waals surface area contributed by atoms with Crippen LogP contribution in [0, 0.1) is 5.41 Å². The van der Waals surface area contributed by atoms with Gasteiger partial charge in [0.15, 0.2) is 10.9 Å². The van der Waals surface area contributed by atoms with Gasteiger partial charge in [0.1, 0.15) is 5.82 Å². The average molecular weight is 492 g/mol. The van der Waals surface area contributed by atoms with E-state index in [0.717, 1.165) is 31.1 Å². The Hall–Kier alpha value is -2.55. The summed E-state index contributed by atoms with van der Waals surface area (Å²) >= 11 is 1.41. The van der Waals surface area contributed by atoms with Gasteiger partial charge in [0.2, 0.25) is 0 Å². The number of anilines is 1. The van der Waals surface area contributed by atoms with Crippen LogP contribution in [0.5, 0.6) is 0 Å². The number of aromatic amines is 1. The minimum atomic E-state index is -4.63. The fourth-order valence-electron chi connectivity index (χ4n) is 4.80. The first kappa shape index (κ1) is 24.6. The van der Waals surface area contributed by atoms with E-state index in [2.05, 4.69) is 22.2 Å². The summed E-state index contributed by atoms with van der Waals surface area (Å²) < 4.78 is 41.9. The normalized spacial score (nSPS) is 19.5. The Morgan fingerprint density at radius 3 is 2.59 bits per heavy atom. The van der Waals surface area contributed by atoms with Crippen molar-refractivity contribution in [3.05, 3.63) is 62.6 Å². The van der Waals surface area contributed by atoms with E-state index in [-0.39, 0.29) is 40.1 Å². The number of fused-ring (bicyclic) bond motifs is 1. The Labute approximate surface area is 200 Å². The predicted molar refractivity (Wildman–Crippen MR) is 127 cm³/mol. The van der Waals surface area contributed by atoms with Crippen LogP contribution >= 0.6 is 11.8 Å². The summed E-state index contributed by atoms with van der Waals surface area (Å²) in [5.41, 5.74) is -0.991. The summed E-state index contributed by atoms with van der Waals surface area (Å²) in [6.07, 6.45) is -0.860. The first-order valence-electron chi connectivity index (χ1n) is 11.5. The van der Waals surface area contributed by atoms with E-state index >= 15 is 0 Å². The molecule has 2 N–H and O–H groups in total. The summed E-state index contributed by atoms with van der Waals surface area (Å²) in [6, 6.07) is 5.17. The number of halogens is 3. The summed E-state index contributed by atoms with van der Waals surface area (Å²) in [5, 5.41) is 3.58. The molecule has 1 aromatic heterocycles. The second-order valence-corrected chi connectivity index (χ2v) is 10.7. The van der Waals surface area contributed by atoms with Crippen molar-refractivity contribution >= 4 is 23.4 Å². The van der Waals surface area contributed by atoms with Crippen LogP contribution in [0.15, 0.2) is 45.5 Å². The molecule has 0 radical (unpaired) electrons. The van der Waals surface area contributed by atoms with Crippen LogP contribution in [0.3, 0.4) is 0 Å². The van der Waals surface area contributed by atoms with Crippen LogP contribution in [0.2, 0.25) is 0 Å². The second-order valence-electron chi connectivity index (χ2n) is 9.67. The molecule has 1 unspecified atom stereocenters. The minimum absolute atomic E-state index is 0.0569. The lowest BCUT2D eigenvalue weighted by molar-refractivity contribution is -0.138. The molecule has 2 aliphatic rings. The lowest BCUT2D eigenvalue weighted by Gasteiger charge is -2.39. The topological polar surface area (TPSA) is 74.8 Å². The van der Waals surface area contributed by atoms with Crippen molar-refractivity contribution in [1.82, 2.24) is 9.97 Å². The van der Waals surface area contributed by atoms with Crippen molar-refractivity contribution in [2.45, 2.75) is 70.1 Å². The zero-order valence-corrected chi connectivity index (χ0v) is 20.3. The fourth-order valence-corrected chi connectivity index (χ4v) is 5.66. The number of benzene rings is 1. The summed E-state index contributed by atoms with van der Waals surface area (Å²) in [4.78, 5) is 33.8. The molecule has 9 heteroatoms. The van der Waals surface area contributed by atoms with Gasteiger partial charge in [-0.15, -0.1) is 0 Å². The molecule has 2 aromatic rings. The quantitative estimate of drug-likeness (QED) is 0.283. The zero-order chi connectivity index (χ0) is 24.7. The van der Waals surface area contributed by atoms with Crippen molar-refractivity contribution in [2.75, 3.05) is 11.1 Å². The van der Waals surface area contributed by atoms with Crippen LogP contribution in [0.25, 0.3) is 0 Å². The molecule has 1 aromatic carbocycles. The number of hydrogen-bond donors (Lipinski definition) is 2. The molecular formula is C25H28F3N3O2S. The molecule has 182 valence electrons. The third-order valence-corrected chi connectivity index (χ3v) is 7.22. The Morgan fingerprint density at radius 2 is 1.88 bits per heavy atom. The lowest BCUT2D eigenvalue weighted by atomic mass is 9.69. The van der Waals surface area contributed by atoms with Crippen molar-refractivity contribution in [3.63, 3.8) is 0 Å². The highest BCUT2D eigenvalue weighted by Crippen LogP contribution is 2.49. The SMILES string of the molecule is CCCCCSc1nc2c(c(=O)[nH]1)C(c1ccccc1C(F)(F)F)C1=C(CC(C)(C)CC1=O)N2. The van der Waals surface area contributed by atoms with Crippen molar-refractivity contribution in [2.24, 2.45) is 5.41 Å². The molecule has 1 aliphatic carbocycles. The van der Waals surface area contributed by atoms with E-state index in [4.69, 9.17) is 0 Å². The van der Waals surface area contributed by atoms with E-state index in [1.165, 1.54) is 30.0 Å². The molecule has 0 spiro atoms. The zero-order valence-electron chi connectivity index (χ0n) is 19.4. The van der Waals surface area contributed by atoms with Crippen LogP contribution in [0.4, 0.5) is 19.0 Å². The van der Waals surface area contributed by atoms with Crippen molar-refractivity contribution in [1.29, 1.82) is 0 Å². The lowest BCUT2D eigenvalue weighted by Crippen LogP contribution is -2.37. The number of thioether (sulfide) groups is 1.